The summed E-state index contributed by atoms with van der Waals surface area (Å²) >= 11 is 0. The number of ketones is 1. The molecule has 0 saturated heterocycles. The number of allylic oxidation sites excluding steroid dienone is 2. The van der Waals surface area contributed by atoms with Crippen LogP contribution in [0.4, 0.5) is 0 Å². The molecular formula is C18H24O5. The summed E-state index contributed by atoms with van der Waals surface area (Å²) in [5.74, 6) is -1.33. The zero-order chi connectivity index (χ0) is 18.0. The molecule has 0 saturated carbocycles. The second kappa shape index (κ2) is 4.79. The normalized spacial score (nSPS) is 32.3. The van der Waals surface area contributed by atoms with E-state index in [0.29, 0.717) is 0 Å². The number of methoxy groups -OCH3 is 2. The van der Waals surface area contributed by atoms with Gasteiger partial charge in [-0.05, 0) is 20.8 Å². The monoisotopic (exact) mass is 320 g/mol. The maximum absolute atomic E-state index is 13.3. The average molecular weight is 320 g/mol. The smallest absolute Gasteiger partial charge is 0.335 e. The second-order valence-electron chi connectivity index (χ2n) is 7.19. The molecule has 0 unspecified atom stereocenters. The van der Waals surface area contributed by atoms with Gasteiger partial charge in [-0.3, -0.25) is 4.79 Å². The van der Waals surface area contributed by atoms with Crippen molar-refractivity contribution in [2.24, 2.45) is 16.2 Å². The summed E-state index contributed by atoms with van der Waals surface area (Å²) < 4.78 is 9.85. The molecule has 23 heavy (non-hydrogen) atoms. The van der Waals surface area contributed by atoms with Gasteiger partial charge in [0.05, 0.1) is 30.8 Å². The Morgan fingerprint density at radius 2 is 1.26 bits per heavy atom. The van der Waals surface area contributed by atoms with E-state index >= 15 is 0 Å². The Morgan fingerprint density at radius 1 is 0.826 bits per heavy atom. The van der Waals surface area contributed by atoms with E-state index in [2.05, 4.69) is 0 Å². The highest BCUT2D eigenvalue weighted by Crippen LogP contribution is 2.67. The molecule has 3 rings (SSSR count). The molecule has 0 amide bonds. The maximum atomic E-state index is 13.3. The Bertz CT molecular complexity index is 694. The van der Waals surface area contributed by atoms with Gasteiger partial charge in [0.25, 0.3) is 0 Å². The van der Waals surface area contributed by atoms with Crippen molar-refractivity contribution in [3.05, 3.63) is 22.3 Å². The summed E-state index contributed by atoms with van der Waals surface area (Å²) in [5, 5.41) is 0. The first-order chi connectivity index (χ1) is 10.4. The fraction of sp³-hybridized carbons (Fsp3) is 0.611. The quantitative estimate of drug-likeness (QED) is 0.578. The van der Waals surface area contributed by atoms with E-state index in [9.17, 15) is 14.4 Å². The van der Waals surface area contributed by atoms with Crippen molar-refractivity contribution in [1.82, 2.24) is 0 Å². The van der Waals surface area contributed by atoms with Gasteiger partial charge in [0.2, 0.25) is 0 Å². The van der Waals surface area contributed by atoms with Crippen molar-refractivity contribution in [2.45, 2.75) is 41.5 Å². The van der Waals surface area contributed by atoms with Gasteiger partial charge in [0.1, 0.15) is 0 Å². The minimum Gasteiger partial charge on any atom is -0.466 e. The molecule has 0 aromatic rings. The number of Topliss-reactive ketones (excluding diaryl/α,β-unsaturated/α-hetero) is 1. The van der Waals surface area contributed by atoms with Crippen molar-refractivity contribution < 1.29 is 23.9 Å². The van der Waals surface area contributed by atoms with Crippen molar-refractivity contribution >= 4 is 17.7 Å². The molecule has 2 atom stereocenters. The highest BCUT2D eigenvalue weighted by Gasteiger charge is 2.68. The lowest BCUT2D eigenvalue weighted by Crippen LogP contribution is -2.62. The molecule has 0 radical (unpaired) electrons. The van der Waals surface area contributed by atoms with Gasteiger partial charge in [0.15, 0.2) is 5.78 Å². The first-order valence-electron chi connectivity index (χ1n) is 7.59. The number of fused-ring (bicyclic) bond motifs is 1. The molecule has 0 aromatic carbocycles. The predicted molar refractivity (Wildman–Crippen MR) is 84.4 cm³/mol. The largest absolute Gasteiger partial charge is 0.466 e. The first kappa shape index (κ1) is 17.4. The summed E-state index contributed by atoms with van der Waals surface area (Å²) in [5.41, 5.74) is -0.851. The van der Waals surface area contributed by atoms with Gasteiger partial charge in [-0.1, -0.05) is 31.9 Å². The Morgan fingerprint density at radius 3 is 1.70 bits per heavy atom. The fourth-order valence-corrected chi connectivity index (χ4v) is 4.36. The third-order valence-corrected chi connectivity index (χ3v) is 6.36. The van der Waals surface area contributed by atoms with Crippen molar-refractivity contribution in [2.75, 3.05) is 14.2 Å². The van der Waals surface area contributed by atoms with Crippen LogP contribution in [0.25, 0.3) is 0 Å². The standard InChI is InChI=1S/C18H24O5/c1-9-10(2)18(6)12(14(20)23-8)11(13(19)22-7)17(9,5)15(21)16(18,3)4/h1-8H3/t17-,18+/m1/s1. The molecule has 0 fully saturated rings. The third kappa shape index (κ3) is 1.65. The molecule has 0 aromatic heterocycles. The van der Waals surface area contributed by atoms with Crippen LogP contribution < -0.4 is 0 Å². The number of carbonyl (C=O) groups is 3. The van der Waals surface area contributed by atoms with Gasteiger partial charge >= 0.3 is 11.9 Å². The van der Waals surface area contributed by atoms with Crippen LogP contribution in [0, 0.1) is 16.2 Å². The molecule has 0 heterocycles. The molecule has 0 spiro atoms. The highest BCUT2D eigenvalue weighted by molar-refractivity contribution is 6.15. The van der Waals surface area contributed by atoms with E-state index in [0.717, 1.165) is 11.1 Å². The lowest BCUT2D eigenvalue weighted by molar-refractivity contribution is -0.151. The Labute approximate surface area is 136 Å². The molecular weight excluding hydrogens is 296 g/mol. The van der Waals surface area contributed by atoms with Gasteiger partial charge in [-0.15, -0.1) is 0 Å². The van der Waals surface area contributed by atoms with Gasteiger partial charge in [-0.2, -0.15) is 0 Å². The average Bonchev–Trinajstić information content (AvgIpc) is 2.52. The second-order valence-corrected chi connectivity index (χ2v) is 7.19. The summed E-state index contributed by atoms with van der Waals surface area (Å²) in [6, 6.07) is 0. The molecule has 5 nitrogen and oxygen atoms in total. The lowest BCUT2D eigenvalue weighted by atomic mass is 9.41. The minimum absolute atomic E-state index is 0.0800. The maximum Gasteiger partial charge on any atom is 0.335 e. The molecule has 2 bridgehead atoms. The number of hydrogen-bond donors (Lipinski definition) is 0. The Kier molecular flexibility index (Phi) is 3.63. The third-order valence-electron chi connectivity index (χ3n) is 6.36. The topological polar surface area (TPSA) is 69.7 Å². The zero-order valence-corrected chi connectivity index (χ0v) is 15.0. The van der Waals surface area contributed by atoms with E-state index in [1.807, 2.05) is 34.6 Å². The van der Waals surface area contributed by atoms with Crippen molar-refractivity contribution in [3.63, 3.8) is 0 Å². The van der Waals surface area contributed by atoms with Crippen LogP contribution >= 0.6 is 0 Å². The van der Waals surface area contributed by atoms with Crippen LogP contribution in [0.3, 0.4) is 0 Å². The minimum atomic E-state index is -1.18. The van der Waals surface area contributed by atoms with Crippen LogP contribution in [0.15, 0.2) is 22.3 Å². The molecule has 3 aliphatic carbocycles. The van der Waals surface area contributed by atoms with Crippen LogP contribution in [0.1, 0.15) is 41.5 Å². The summed E-state index contributed by atoms with van der Waals surface area (Å²) in [4.78, 5) is 38.3. The SMILES string of the molecule is COC(=O)C1=C(C(=O)OC)[C@]2(C)C(C)=C(C)[C@@]1(C)C(=O)C2(C)C. The van der Waals surface area contributed by atoms with E-state index in [-0.39, 0.29) is 16.9 Å². The molecule has 0 aliphatic heterocycles. The van der Waals surface area contributed by atoms with Crippen molar-refractivity contribution in [1.29, 1.82) is 0 Å². The van der Waals surface area contributed by atoms with Gasteiger partial charge < -0.3 is 9.47 Å². The van der Waals surface area contributed by atoms with Crippen LogP contribution in [-0.4, -0.2) is 31.9 Å². The molecule has 3 aliphatic rings. The zero-order valence-electron chi connectivity index (χ0n) is 15.0. The number of esters is 2. The number of carbonyl (C=O) groups excluding carboxylic acids is 3. The molecule has 5 heteroatoms. The lowest BCUT2D eigenvalue weighted by Gasteiger charge is -2.59. The highest BCUT2D eigenvalue weighted by atomic mass is 16.5. The van der Waals surface area contributed by atoms with Gasteiger partial charge in [0, 0.05) is 10.8 Å². The molecule has 126 valence electrons. The van der Waals surface area contributed by atoms with Crippen LogP contribution in [-0.2, 0) is 23.9 Å². The Hall–Kier alpha value is -1.91. The van der Waals surface area contributed by atoms with Crippen LogP contribution in [0.2, 0.25) is 0 Å². The number of rotatable bonds is 2. The summed E-state index contributed by atoms with van der Waals surface area (Å²) in [6.07, 6.45) is 0. The number of ether oxygens (including phenoxy) is 2. The van der Waals surface area contributed by atoms with E-state index in [4.69, 9.17) is 9.47 Å². The molecule has 0 N–H and O–H groups in total. The van der Waals surface area contributed by atoms with E-state index < -0.39 is 28.2 Å². The Balaban J connectivity index is 3.05. The van der Waals surface area contributed by atoms with E-state index in [1.165, 1.54) is 14.2 Å². The van der Waals surface area contributed by atoms with Crippen molar-refractivity contribution in [3.8, 4) is 0 Å². The van der Waals surface area contributed by atoms with Gasteiger partial charge in [-0.25, -0.2) is 9.59 Å². The number of hydrogen-bond acceptors (Lipinski definition) is 5. The predicted octanol–water partition coefficient (Wildman–Crippen LogP) is 2.60. The van der Waals surface area contributed by atoms with Crippen LogP contribution in [0.5, 0.6) is 0 Å². The fourth-order valence-electron chi connectivity index (χ4n) is 4.36. The van der Waals surface area contributed by atoms with E-state index in [1.54, 1.807) is 6.92 Å². The summed E-state index contributed by atoms with van der Waals surface area (Å²) in [6.45, 7) is 10.9. The first-order valence-corrected chi connectivity index (χ1v) is 7.59. The summed E-state index contributed by atoms with van der Waals surface area (Å²) in [7, 11) is 2.53.